The Balaban J connectivity index is 1.40. The normalized spacial score (nSPS) is 28.8. The van der Waals surface area contributed by atoms with Crippen molar-refractivity contribution in [2.24, 2.45) is 5.73 Å². The van der Waals surface area contributed by atoms with Crippen LogP contribution >= 0.6 is 0 Å². The predicted octanol–water partition coefficient (Wildman–Crippen LogP) is 0.530. The highest BCUT2D eigenvalue weighted by Crippen LogP contribution is 2.39. The lowest BCUT2D eigenvalue weighted by Crippen LogP contribution is -2.52. The maximum absolute atomic E-state index is 13.3. The van der Waals surface area contributed by atoms with Gasteiger partial charge in [-0.25, -0.2) is 0 Å². The number of nitrogens with two attached hydrogens (primary N) is 1. The van der Waals surface area contributed by atoms with Crippen molar-refractivity contribution >= 4 is 17.7 Å². The van der Waals surface area contributed by atoms with E-state index < -0.39 is 6.04 Å². The summed E-state index contributed by atoms with van der Waals surface area (Å²) in [5, 5.41) is 2.36. The molecule has 4 aliphatic heterocycles. The summed E-state index contributed by atoms with van der Waals surface area (Å²) < 4.78 is 5.59. The smallest absolute Gasteiger partial charge is 0.255 e. The van der Waals surface area contributed by atoms with E-state index in [9.17, 15) is 14.4 Å². The van der Waals surface area contributed by atoms with Crippen molar-refractivity contribution in [2.75, 3.05) is 19.8 Å². The van der Waals surface area contributed by atoms with Gasteiger partial charge in [-0.1, -0.05) is 18.2 Å². The van der Waals surface area contributed by atoms with Crippen LogP contribution < -0.4 is 11.1 Å². The summed E-state index contributed by atoms with van der Waals surface area (Å²) in [6.45, 7) is 3.39. The third-order valence-electron chi connectivity index (χ3n) is 7.19. The maximum atomic E-state index is 13.3. The van der Waals surface area contributed by atoms with Crippen molar-refractivity contribution in [2.45, 2.75) is 62.8 Å². The third-order valence-corrected chi connectivity index (χ3v) is 7.19. The minimum atomic E-state index is -0.586. The molecule has 3 saturated heterocycles. The van der Waals surface area contributed by atoms with Gasteiger partial charge >= 0.3 is 0 Å². The lowest BCUT2D eigenvalue weighted by Gasteiger charge is -2.41. The number of amides is 3. The lowest BCUT2D eigenvalue weighted by atomic mass is 9.86. The molecule has 5 rings (SSSR count). The molecule has 1 aromatic rings. The Kier molecular flexibility index (Phi) is 4.88. The van der Waals surface area contributed by atoms with Crippen molar-refractivity contribution < 1.29 is 19.1 Å². The van der Waals surface area contributed by atoms with Gasteiger partial charge in [-0.2, -0.15) is 0 Å². The van der Waals surface area contributed by atoms with Crippen LogP contribution in [0.5, 0.6) is 0 Å². The average Bonchev–Trinajstić information content (AvgIpc) is 3.20. The monoisotopic (exact) mass is 412 g/mol. The van der Waals surface area contributed by atoms with Crippen LogP contribution in [0.2, 0.25) is 0 Å². The lowest BCUT2D eigenvalue weighted by molar-refractivity contribution is -0.136. The summed E-state index contributed by atoms with van der Waals surface area (Å²) in [6, 6.07) is 5.51. The molecule has 2 unspecified atom stereocenters. The number of carbonyl (C=O) groups excluding carboxylic acids is 3. The number of hydrogen-bond donors (Lipinski definition) is 2. The van der Waals surface area contributed by atoms with Gasteiger partial charge in [-0.15, -0.1) is 0 Å². The number of rotatable bonds is 3. The topological polar surface area (TPSA) is 105 Å². The first-order valence-corrected chi connectivity index (χ1v) is 10.8. The second kappa shape index (κ2) is 7.44. The van der Waals surface area contributed by atoms with Gasteiger partial charge in [0.05, 0.1) is 0 Å². The summed E-state index contributed by atoms with van der Waals surface area (Å²) in [7, 11) is 0. The van der Waals surface area contributed by atoms with Crippen LogP contribution in [0, 0.1) is 0 Å². The van der Waals surface area contributed by atoms with Crippen molar-refractivity contribution in [1.82, 2.24) is 15.1 Å². The molecule has 3 N–H and O–H groups in total. The number of likely N-dealkylation sites (tertiary alicyclic amines) is 1. The van der Waals surface area contributed by atoms with Crippen LogP contribution in [0.1, 0.15) is 53.6 Å². The third kappa shape index (κ3) is 3.23. The first-order valence-electron chi connectivity index (χ1n) is 10.8. The van der Waals surface area contributed by atoms with Crippen LogP contribution in [0.25, 0.3) is 0 Å². The molecule has 1 aromatic carbocycles. The predicted molar refractivity (Wildman–Crippen MR) is 108 cm³/mol. The largest absolute Gasteiger partial charge is 0.381 e. The number of ether oxygens (including phenoxy) is 1. The number of nitrogens with zero attached hydrogens (tertiary/aromatic N) is 2. The molecule has 0 aliphatic carbocycles. The highest BCUT2D eigenvalue weighted by Gasteiger charge is 2.46. The number of piperidine rings is 1. The van der Waals surface area contributed by atoms with E-state index in [1.165, 1.54) is 0 Å². The van der Waals surface area contributed by atoms with Gasteiger partial charge in [0.2, 0.25) is 11.8 Å². The van der Waals surface area contributed by atoms with Crippen molar-refractivity contribution in [1.29, 1.82) is 0 Å². The second-order valence-corrected chi connectivity index (χ2v) is 9.03. The van der Waals surface area contributed by atoms with Gasteiger partial charge in [0.25, 0.3) is 5.91 Å². The van der Waals surface area contributed by atoms with Crippen molar-refractivity contribution in [3.63, 3.8) is 0 Å². The van der Waals surface area contributed by atoms with Crippen LogP contribution in [-0.2, 0) is 27.4 Å². The van der Waals surface area contributed by atoms with Crippen molar-refractivity contribution in [3.05, 3.63) is 34.9 Å². The Morgan fingerprint density at radius 2 is 2.00 bits per heavy atom. The molecule has 0 bridgehead atoms. The molecule has 3 fully saturated rings. The molecule has 1 spiro atoms. The average molecular weight is 412 g/mol. The van der Waals surface area contributed by atoms with E-state index in [0.29, 0.717) is 25.1 Å². The fourth-order valence-electron chi connectivity index (χ4n) is 5.69. The first-order chi connectivity index (χ1) is 14.5. The standard InChI is InChI=1S/C22H28N4O4/c23-16-10-22(6-8-30-9-7-22)25(13-16)11-14-2-1-3-15-12-26(21(29)19(14)15)17-4-5-18(27)24-20(17)28/h1-3,16-17H,4-13,23H2,(H,24,27,28). The summed E-state index contributed by atoms with van der Waals surface area (Å²) >= 11 is 0. The van der Waals surface area contributed by atoms with Gasteiger partial charge in [0.1, 0.15) is 6.04 Å². The zero-order valence-electron chi connectivity index (χ0n) is 17.1. The Hall–Kier alpha value is -2.29. The molecular formula is C22H28N4O4. The first kappa shape index (κ1) is 19.7. The van der Waals surface area contributed by atoms with E-state index in [1.807, 2.05) is 18.2 Å². The van der Waals surface area contributed by atoms with Gasteiger partial charge in [-0.05, 0) is 36.8 Å². The zero-order chi connectivity index (χ0) is 20.9. The highest BCUT2D eigenvalue weighted by molar-refractivity contribution is 6.06. The number of benzene rings is 1. The van der Waals surface area contributed by atoms with Gasteiger partial charge in [-0.3, -0.25) is 24.6 Å². The number of nitrogens with one attached hydrogen (secondary N) is 1. The van der Waals surface area contributed by atoms with Gasteiger partial charge in [0.15, 0.2) is 0 Å². The summed E-state index contributed by atoms with van der Waals surface area (Å²) in [5.74, 6) is -0.756. The molecule has 4 aliphatic rings. The van der Waals surface area contributed by atoms with E-state index >= 15 is 0 Å². The van der Waals surface area contributed by atoms with E-state index in [4.69, 9.17) is 10.5 Å². The summed E-state index contributed by atoms with van der Waals surface area (Å²) in [6.07, 6.45) is 3.53. The van der Waals surface area contributed by atoms with Crippen LogP contribution in [-0.4, -0.2) is 64.9 Å². The number of imide groups is 1. The van der Waals surface area contributed by atoms with Crippen molar-refractivity contribution in [3.8, 4) is 0 Å². The summed E-state index contributed by atoms with van der Waals surface area (Å²) in [5.41, 5.74) is 9.04. The molecular weight excluding hydrogens is 384 g/mol. The fourth-order valence-corrected chi connectivity index (χ4v) is 5.69. The number of hydrogen-bond acceptors (Lipinski definition) is 6. The Labute approximate surface area is 175 Å². The van der Waals surface area contributed by atoms with Crippen LogP contribution in [0.15, 0.2) is 18.2 Å². The van der Waals surface area contributed by atoms with Gasteiger partial charge in [0, 0.05) is 56.4 Å². The molecule has 3 amide bonds. The minimum absolute atomic E-state index is 0.0470. The second-order valence-electron chi connectivity index (χ2n) is 9.03. The summed E-state index contributed by atoms with van der Waals surface area (Å²) in [4.78, 5) is 41.2. The van der Waals surface area contributed by atoms with Crippen LogP contribution in [0.4, 0.5) is 0 Å². The highest BCUT2D eigenvalue weighted by atomic mass is 16.5. The molecule has 8 nitrogen and oxygen atoms in total. The number of carbonyl (C=O) groups is 3. The van der Waals surface area contributed by atoms with Crippen LogP contribution in [0.3, 0.4) is 0 Å². The molecule has 0 radical (unpaired) electrons. The van der Waals surface area contributed by atoms with E-state index in [0.717, 1.165) is 50.1 Å². The zero-order valence-corrected chi connectivity index (χ0v) is 17.1. The van der Waals surface area contributed by atoms with E-state index in [-0.39, 0.29) is 35.7 Å². The van der Waals surface area contributed by atoms with E-state index in [2.05, 4.69) is 10.2 Å². The SMILES string of the molecule is NC1CN(Cc2cccc3c2C(=O)N(C2CCC(=O)NC2=O)C3)C2(CCOCC2)C1. The molecule has 8 heteroatoms. The Morgan fingerprint density at radius 3 is 2.77 bits per heavy atom. The molecule has 2 atom stereocenters. The Morgan fingerprint density at radius 1 is 1.20 bits per heavy atom. The van der Waals surface area contributed by atoms with Gasteiger partial charge < -0.3 is 15.4 Å². The quantitative estimate of drug-likeness (QED) is 0.702. The minimum Gasteiger partial charge on any atom is -0.381 e. The Bertz CT molecular complexity index is 895. The molecule has 160 valence electrons. The maximum Gasteiger partial charge on any atom is 0.255 e. The fraction of sp³-hybridized carbons (Fsp3) is 0.591. The number of fused-ring (bicyclic) bond motifs is 1. The molecule has 0 saturated carbocycles. The molecule has 4 heterocycles. The van der Waals surface area contributed by atoms with E-state index in [1.54, 1.807) is 4.90 Å². The molecule has 0 aromatic heterocycles. The molecule has 30 heavy (non-hydrogen) atoms.